The van der Waals surface area contributed by atoms with E-state index in [1.54, 1.807) is 12.0 Å². The second-order valence-corrected chi connectivity index (χ2v) is 14.5. The zero-order chi connectivity index (χ0) is 35.4. The van der Waals surface area contributed by atoms with E-state index in [1.807, 2.05) is 19.2 Å². The summed E-state index contributed by atoms with van der Waals surface area (Å²) in [5.74, 6) is 0.463. The van der Waals surface area contributed by atoms with Crippen molar-refractivity contribution in [1.82, 2.24) is 24.7 Å². The number of aliphatic imine (C=N–C) groups is 1. The number of piperazine rings is 1. The largest absolute Gasteiger partial charge is 0.467 e. The first-order chi connectivity index (χ1) is 24.2. The molecule has 0 bridgehead atoms. The molecule has 0 aliphatic carbocycles. The number of aromatic nitrogens is 2. The predicted molar refractivity (Wildman–Crippen MR) is 195 cm³/mol. The minimum Gasteiger partial charge on any atom is -0.467 e. The number of rotatable bonds is 6. The van der Waals surface area contributed by atoms with Crippen molar-refractivity contribution in [3.63, 3.8) is 0 Å². The Hall–Kier alpha value is -3.03. The van der Waals surface area contributed by atoms with Crippen molar-refractivity contribution in [2.24, 2.45) is 10.7 Å². The van der Waals surface area contributed by atoms with Crippen LogP contribution in [0.25, 0.3) is 0 Å². The van der Waals surface area contributed by atoms with Crippen molar-refractivity contribution in [3.05, 3.63) is 56.3 Å². The second-order valence-electron chi connectivity index (χ2n) is 13.7. The Morgan fingerprint density at radius 2 is 1.94 bits per heavy atom. The third kappa shape index (κ3) is 8.20. The molecule has 1 amide bonds. The molecule has 3 fully saturated rings. The Bertz CT molecular complexity index is 1590. The quantitative estimate of drug-likeness (QED) is 0.429. The van der Waals surface area contributed by atoms with Crippen LogP contribution in [0.1, 0.15) is 61.1 Å². The smallest absolute Gasteiger partial charge is 0.318 e. The SMILES string of the molecule is CCc1c(Cl)cccc1C1Cc2nc(OC)nc(N3CCCN=C(/C(Cl)=C(\N)C(=O)N4CCN(C)CC4)C3)c2CO1.FC1CC2CCCN2C1. The topological polar surface area (TPSA) is 113 Å². The molecule has 2 N–H and O–H groups in total. The number of alkyl halides is 1. The number of carbonyl (C=O) groups is 1. The van der Waals surface area contributed by atoms with Crippen LogP contribution in [0.15, 0.2) is 33.9 Å². The van der Waals surface area contributed by atoms with Crippen molar-refractivity contribution in [1.29, 1.82) is 0 Å². The third-order valence-corrected chi connectivity index (χ3v) is 11.2. The average Bonchev–Trinajstić information content (AvgIpc) is 3.61. The van der Waals surface area contributed by atoms with Crippen LogP contribution in [0, 0.1) is 0 Å². The van der Waals surface area contributed by atoms with E-state index in [0.29, 0.717) is 64.0 Å². The zero-order valence-electron chi connectivity index (χ0n) is 29.3. The molecule has 0 saturated carbocycles. The van der Waals surface area contributed by atoms with Gasteiger partial charge in [-0.15, -0.1) is 0 Å². The molecule has 0 radical (unpaired) electrons. The number of hydrogen-bond donors (Lipinski definition) is 1. The van der Waals surface area contributed by atoms with Gasteiger partial charge in [0.05, 0.1) is 42.8 Å². The van der Waals surface area contributed by atoms with Gasteiger partial charge in [0, 0.05) is 68.9 Å². The highest BCUT2D eigenvalue weighted by atomic mass is 35.5. The number of carbonyl (C=O) groups excluding carboxylic acids is 1. The highest BCUT2D eigenvalue weighted by molar-refractivity contribution is 6.45. The molecule has 14 heteroatoms. The summed E-state index contributed by atoms with van der Waals surface area (Å²) in [6.45, 7) is 8.71. The van der Waals surface area contributed by atoms with Gasteiger partial charge in [-0.05, 0) is 62.9 Å². The average molecular weight is 732 g/mol. The van der Waals surface area contributed by atoms with Crippen LogP contribution in [0.4, 0.5) is 10.2 Å². The van der Waals surface area contributed by atoms with Gasteiger partial charge in [0.1, 0.15) is 17.7 Å². The minimum atomic E-state index is -0.518. The molecule has 1 aromatic carbocycles. The van der Waals surface area contributed by atoms with E-state index in [0.717, 1.165) is 72.1 Å². The van der Waals surface area contributed by atoms with E-state index in [4.69, 9.17) is 53.4 Å². The van der Waals surface area contributed by atoms with Gasteiger partial charge in [0.25, 0.3) is 5.91 Å². The lowest BCUT2D eigenvalue weighted by molar-refractivity contribution is -0.128. The van der Waals surface area contributed by atoms with Gasteiger partial charge in [-0.3, -0.25) is 14.7 Å². The Balaban J connectivity index is 0.000000412. The highest BCUT2D eigenvalue weighted by Gasteiger charge is 2.35. The lowest BCUT2D eigenvalue weighted by atomic mass is 9.94. The summed E-state index contributed by atoms with van der Waals surface area (Å²) in [6, 6.07) is 6.83. The second kappa shape index (κ2) is 16.5. The molecule has 272 valence electrons. The van der Waals surface area contributed by atoms with Gasteiger partial charge < -0.3 is 29.9 Å². The normalized spacial score (nSPS) is 24.8. The molecule has 1 aromatic heterocycles. The third-order valence-electron chi connectivity index (χ3n) is 10.4. The summed E-state index contributed by atoms with van der Waals surface area (Å²) >= 11 is 13.3. The standard InChI is InChI=1S/C29H37Cl2N7O3.C7H12FN/c1-4-18-19(7-5-8-21(18)30)24-15-22-20(17-41-24)27(35-29(34-22)40-3)38-10-6-9-33-23(16-38)25(31)26(32)28(39)37-13-11-36(2)12-14-37;8-6-4-7-2-1-3-9(7)5-6/h5,7-8,24H,4,6,9-17,32H2,1-3H3;6-7H,1-5H2/b26-25+;. The Kier molecular flexibility index (Phi) is 12.2. The van der Waals surface area contributed by atoms with Crippen LogP contribution < -0.4 is 15.4 Å². The molecule has 6 heterocycles. The van der Waals surface area contributed by atoms with Crippen LogP contribution in [0.3, 0.4) is 0 Å². The van der Waals surface area contributed by atoms with E-state index in [-0.39, 0.29) is 28.8 Å². The molecule has 2 aromatic rings. The predicted octanol–water partition coefficient (Wildman–Crippen LogP) is 4.54. The lowest BCUT2D eigenvalue weighted by Crippen LogP contribution is -2.48. The minimum absolute atomic E-state index is 0.0264. The van der Waals surface area contributed by atoms with Gasteiger partial charge in [0.15, 0.2) is 0 Å². The van der Waals surface area contributed by atoms with Gasteiger partial charge in [0.2, 0.25) is 0 Å². The Morgan fingerprint density at radius 1 is 1.14 bits per heavy atom. The number of nitrogens with zero attached hydrogens (tertiary/aromatic N) is 7. The van der Waals surface area contributed by atoms with E-state index in [1.165, 1.54) is 12.8 Å². The molecule has 50 heavy (non-hydrogen) atoms. The number of hydrogen-bond acceptors (Lipinski definition) is 10. The van der Waals surface area contributed by atoms with E-state index in [2.05, 4.69) is 27.7 Å². The molecule has 3 unspecified atom stereocenters. The molecule has 7 rings (SSSR count). The van der Waals surface area contributed by atoms with Crippen molar-refractivity contribution in [2.45, 2.75) is 70.4 Å². The first kappa shape index (κ1) is 36.8. The van der Waals surface area contributed by atoms with Crippen LogP contribution in [-0.4, -0.2) is 122 Å². The number of methoxy groups -OCH3 is 1. The molecule has 0 spiro atoms. The van der Waals surface area contributed by atoms with Crippen molar-refractivity contribution in [3.8, 4) is 6.01 Å². The van der Waals surface area contributed by atoms with Crippen molar-refractivity contribution >= 4 is 40.6 Å². The fourth-order valence-electron chi connectivity index (χ4n) is 7.59. The monoisotopic (exact) mass is 730 g/mol. The molecule has 5 aliphatic heterocycles. The first-order valence-corrected chi connectivity index (χ1v) is 18.5. The van der Waals surface area contributed by atoms with Crippen molar-refractivity contribution < 1.29 is 18.7 Å². The van der Waals surface area contributed by atoms with E-state index in [9.17, 15) is 9.18 Å². The van der Waals surface area contributed by atoms with Crippen molar-refractivity contribution in [2.75, 3.05) is 78.0 Å². The summed E-state index contributed by atoms with van der Waals surface area (Å²) in [5, 5.41) is 0.937. The first-order valence-electron chi connectivity index (χ1n) is 17.8. The number of amides is 1. The summed E-state index contributed by atoms with van der Waals surface area (Å²) in [4.78, 5) is 35.6. The number of nitrogens with two attached hydrogens (primary N) is 1. The number of anilines is 1. The summed E-state index contributed by atoms with van der Waals surface area (Å²) < 4.78 is 24.5. The van der Waals surface area contributed by atoms with Gasteiger partial charge in [-0.25, -0.2) is 4.39 Å². The summed E-state index contributed by atoms with van der Waals surface area (Å²) in [7, 11) is 3.60. The van der Waals surface area contributed by atoms with Gasteiger partial charge >= 0.3 is 6.01 Å². The summed E-state index contributed by atoms with van der Waals surface area (Å²) in [6.07, 6.45) is 4.80. The molecule has 3 atom stereocenters. The number of likely N-dealkylation sites (N-methyl/N-ethyl adjacent to an activating group) is 1. The van der Waals surface area contributed by atoms with Crippen LogP contribution in [0.2, 0.25) is 5.02 Å². The fourth-order valence-corrected chi connectivity index (χ4v) is 8.11. The molecule has 5 aliphatic rings. The van der Waals surface area contributed by atoms with Gasteiger partial charge in [-0.2, -0.15) is 9.97 Å². The maximum absolute atomic E-state index is 13.1. The van der Waals surface area contributed by atoms with Gasteiger partial charge in [-0.1, -0.05) is 42.3 Å². The van der Waals surface area contributed by atoms with Crippen LogP contribution in [-0.2, 0) is 29.0 Å². The number of ether oxygens (including phenoxy) is 2. The molecular weight excluding hydrogens is 682 g/mol. The summed E-state index contributed by atoms with van der Waals surface area (Å²) in [5.41, 5.74) is 10.9. The zero-order valence-corrected chi connectivity index (χ0v) is 30.9. The fraction of sp³-hybridized carbons (Fsp3) is 0.611. The molecule has 3 saturated heterocycles. The maximum atomic E-state index is 13.1. The Morgan fingerprint density at radius 3 is 2.68 bits per heavy atom. The van der Waals surface area contributed by atoms with E-state index < -0.39 is 6.17 Å². The van der Waals surface area contributed by atoms with E-state index >= 15 is 0 Å². The van der Waals surface area contributed by atoms with Crippen LogP contribution in [0.5, 0.6) is 6.01 Å². The highest BCUT2D eigenvalue weighted by Crippen LogP contribution is 2.38. The number of halogens is 3. The van der Waals surface area contributed by atoms with Crippen LogP contribution >= 0.6 is 23.2 Å². The number of benzene rings is 1. The maximum Gasteiger partial charge on any atom is 0.318 e. The molecule has 11 nitrogen and oxygen atoms in total. The molecular formula is C36H49Cl2FN8O3. The Labute approximate surface area is 304 Å². The lowest BCUT2D eigenvalue weighted by Gasteiger charge is -2.33. The number of fused-ring (bicyclic) bond motifs is 2.